The summed E-state index contributed by atoms with van der Waals surface area (Å²) in [4.78, 5) is 40.2. The molecule has 0 spiro atoms. The second kappa shape index (κ2) is 8.81. The minimum absolute atomic E-state index is 0.0163. The zero-order valence-corrected chi connectivity index (χ0v) is 17.2. The van der Waals surface area contributed by atoms with E-state index in [1.54, 1.807) is 30.3 Å². The quantitative estimate of drug-likeness (QED) is 0.598. The number of carbonyl (C=O) groups excluding carboxylic acids is 2. The van der Waals surface area contributed by atoms with Crippen LogP contribution in [0, 0.1) is 0 Å². The fourth-order valence-corrected chi connectivity index (χ4v) is 3.52. The molecule has 2 heterocycles. The van der Waals surface area contributed by atoms with Crippen molar-refractivity contribution in [2.24, 2.45) is 0 Å². The molecule has 0 atom stereocenters. The van der Waals surface area contributed by atoms with Crippen LogP contribution in [0.25, 0.3) is 6.08 Å². The molecule has 2 amide bonds. The van der Waals surface area contributed by atoms with Crippen molar-refractivity contribution in [3.8, 4) is 5.75 Å². The highest BCUT2D eigenvalue weighted by Gasteiger charge is 2.33. The molecule has 3 aromatic rings. The van der Waals surface area contributed by atoms with Crippen LogP contribution in [0.15, 0.2) is 71.4 Å². The Morgan fingerprint density at radius 2 is 1.94 bits per heavy atom. The van der Waals surface area contributed by atoms with Gasteiger partial charge in [-0.1, -0.05) is 18.2 Å². The lowest BCUT2D eigenvalue weighted by atomic mass is 10.1. The molecule has 32 heavy (non-hydrogen) atoms. The Morgan fingerprint density at radius 3 is 2.66 bits per heavy atom. The third-order valence-electron chi connectivity index (χ3n) is 5.10. The minimum atomic E-state index is -1.13. The smallest absolute Gasteiger partial charge is 0.335 e. The topological polar surface area (TPSA) is 100 Å². The number of methoxy groups -OCH3 is 1. The first-order chi connectivity index (χ1) is 15.5. The number of carboxylic acid groups (broad SMARTS) is 1. The van der Waals surface area contributed by atoms with Crippen molar-refractivity contribution in [2.45, 2.75) is 6.54 Å². The molecule has 0 radical (unpaired) electrons. The molecule has 0 saturated heterocycles. The number of para-hydroxylation sites is 1. The molecule has 0 aliphatic carbocycles. The first kappa shape index (κ1) is 20.9. The number of benzene rings is 2. The lowest BCUT2D eigenvalue weighted by Crippen LogP contribution is -2.47. The number of hydrogen-bond acceptors (Lipinski definition) is 5. The highest BCUT2D eigenvalue weighted by atomic mass is 16.5. The maximum Gasteiger partial charge on any atom is 0.335 e. The Labute approximate surface area is 183 Å². The Balaban J connectivity index is 1.70. The van der Waals surface area contributed by atoms with Crippen molar-refractivity contribution >= 4 is 35.2 Å². The summed E-state index contributed by atoms with van der Waals surface area (Å²) in [7, 11) is 1.54. The van der Waals surface area contributed by atoms with Crippen LogP contribution in [0.4, 0.5) is 11.4 Å². The van der Waals surface area contributed by atoms with Crippen LogP contribution in [0.1, 0.15) is 21.7 Å². The van der Waals surface area contributed by atoms with Gasteiger partial charge in [-0.15, -0.1) is 0 Å². The number of ether oxygens (including phenoxy) is 1. The van der Waals surface area contributed by atoms with Gasteiger partial charge in [-0.25, -0.2) is 4.79 Å². The maximum atomic E-state index is 13.0. The summed E-state index contributed by atoms with van der Waals surface area (Å²) in [6.07, 6.45) is 4.45. The van der Waals surface area contributed by atoms with Gasteiger partial charge >= 0.3 is 5.97 Å². The van der Waals surface area contributed by atoms with Crippen LogP contribution >= 0.6 is 0 Å². The number of hydrogen-bond donors (Lipinski definition) is 1. The van der Waals surface area contributed by atoms with Gasteiger partial charge in [-0.2, -0.15) is 0 Å². The van der Waals surface area contributed by atoms with Gasteiger partial charge in [0.15, 0.2) is 0 Å². The monoisotopic (exact) mass is 432 g/mol. The van der Waals surface area contributed by atoms with Crippen molar-refractivity contribution < 1.29 is 28.6 Å². The molecule has 1 aromatic heterocycles. The fourth-order valence-electron chi connectivity index (χ4n) is 3.52. The number of anilines is 2. The first-order valence-electron chi connectivity index (χ1n) is 9.80. The van der Waals surface area contributed by atoms with Crippen molar-refractivity contribution in [1.82, 2.24) is 0 Å². The van der Waals surface area contributed by atoms with Crippen LogP contribution in [-0.2, 0) is 16.1 Å². The normalized spacial score (nSPS) is 13.3. The fraction of sp³-hybridized carbons (Fsp3) is 0.125. The van der Waals surface area contributed by atoms with Crippen LogP contribution in [-0.4, -0.2) is 36.5 Å². The number of rotatable bonds is 6. The number of aromatic carboxylic acids is 1. The number of carbonyl (C=O) groups is 3. The SMILES string of the molecule is COc1ccccc1/C=C/C(=O)N1CC(=O)N(Cc2ccco2)c2ccc(C(=O)O)cc21. The van der Waals surface area contributed by atoms with Crippen LogP contribution in [0.3, 0.4) is 0 Å². The number of carboxylic acids is 1. The standard InChI is InChI=1S/C24H20N2O6/c1-31-21-7-3-2-5-16(21)9-11-22(27)26-15-23(28)25(14-18-6-4-12-32-18)19-10-8-17(24(29)30)13-20(19)26/h2-13H,14-15H2,1H3,(H,29,30)/b11-9+. The van der Waals surface area contributed by atoms with Gasteiger partial charge in [0.25, 0.3) is 5.91 Å². The number of furan rings is 1. The van der Waals surface area contributed by atoms with E-state index in [1.807, 2.05) is 12.1 Å². The second-order valence-electron chi connectivity index (χ2n) is 7.07. The van der Waals surface area contributed by atoms with E-state index in [0.29, 0.717) is 28.4 Å². The van der Waals surface area contributed by atoms with Crippen molar-refractivity contribution in [3.05, 3.63) is 83.8 Å². The van der Waals surface area contributed by atoms with Gasteiger partial charge in [-0.3, -0.25) is 14.5 Å². The molecule has 8 nitrogen and oxygen atoms in total. The number of amides is 2. The first-order valence-corrected chi connectivity index (χ1v) is 9.80. The van der Waals surface area contributed by atoms with E-state index in [1.165, 1.54) is 47.4 Å². The molecule has 162 valence electrons. The minimum Gasteiger partial charge on any atom is -0.496 e. The average molecular weight is 432 g/mol. The molecule has 8 heteroatoms. The Kier molecular flexibility index (Phi) is 5.76. The zero-order valence-electron chi connectivity index (χ0n) is 17.2. The van der Waals surface area contributed by atoms with Crippen molar-refractivity contribution in [1.29, 1.82) is 0 Å². The largest absolute Gasteiger partial charge is 0.496 e. The second-order valence-corrected chi connectivity index (χ2v) is 7.07. The molecule has 0 fully saturated rings. The van der Waals surface area contributed by atoms with Gasteiger partial charge in [0.2, 0.25) is 5.91 Å². The van der Waals surface area contributed by atoms with Crippen molar-refractivity contribution in [3.63, 3.8) is 0 Å². The van der Waals surface area contributed by atoms with E-state index >= 15 is 0 Å². The van der Waals surface area contributed by atoms with Crippen LogP contribution < -0.4 is 14.5 Å². The molecule has 0 unspecified atom stereocenters. The van der Waals surface area contributed by atoms with E-state index in [4.69, 9.17) is 9.15 Å². The summed E-state index contributed by atoms with van der Waals surface area (Å²) < 4.78 is 10.6. The van der Waals surface area contributed by atoms with Gasteiger partial charge in [0.05, 0.1) is 36.9 Å². The van der Waals surface area contributed by atoms with E-state index in [-0.39, 0.29) is 24.6 Å². The molecule has 4 rings (SSSR count). The summed E-state index contributed by atoms with van der Waals surface area (Å²) in [5.74, 6) is -0.715. The third kappa shape index (κ3) is 4.11. The Hall–Kier alpha value is -4.33. The Bertz CT molecular complexity index is 1200. The molecule has 1 N–H and O–H groups in total. The lowest BCUT2D eigenvalue weighted by molar-refractivity contribution is -0.121. The molecule has 0 saturated carbocycles. The van der Waals surface area contributed by atoms with Gasteiger partial charge < -0.3 is 19.2 Å². The van der Waals surface area contributed by atoms with Gasteiger partial charge in [0, 0.05) is 11.6 Å². The molecule has 2 aromatic carbocycles. The summed E-state index contributed by atoms with van der Waals surface area (Å²) in [6, 6.07) is 15.0. The summed E-state index contributed by atoms with van der Waals surface area (Å²) in [6.45, 7) is -0.0593. The molecule has 1 aliphatic heterocycles. The predicted molar refractivity (Wildman–Crippen MR) is 118 cm³/mol. The van der Waals surface area contributed by atoms with Crippen molar-refractivity contribution in [2.75, 3.05) is 23.5 Å². The summed E-state index contributed by atoms with van der Waals surface area (Å²) in [5.41, 5.74) is 1.49. The summed E-state index contributed by atoms with van der Waals surface area (Å²) >= 11 is 0. The zero-order chi connectivity index (χ0) is 22.7. The predicted octanol–water partition coefficient (Wildman–Crippen LogP) is 3.58. The highest BCUT2D eigenvalue weighted by Crippen LogP contribution is 2.36. The van der Waals surface area contributed by atoms with Crippen LogP contribution in [0.5, 0.6) is 5.75 Å². The van der Waals surface area contributed by atoms with E-state index in [0.717, 1.165) is 0 Å². The van der Waals surface area contributed by atoms with Gasteiger partial charge in [-0.05, 0) is 42.5 Å². The van der Waals surface area contributed by atoms with Gasteiger partial charge in [0.1, 0.15) is 18.1 Å². The van der Waals surface area contributed by atoms with E-state index in [9.17, 15) is 19.5 Å². The van der Waals surface area contributed by atoms with E-state index in [2.05, 4.69) is 0 Å². The van der Waals surface area contributed by atoms with E-state index < -0.39 is 11.9 Å². The van der Waals surface area contributed by atoms with Crippen LogP contribution in [0.2, 0.25) is 0 Å². The Morgan fingerprint density at radius 1 is 1.12 bits per heavy atom. The maximum absolute atomic E-state index is 13.0. The average Bonchev–Trinajstić information content (AvgIpc) is 3.32. The third-order valence-corrected chi connectivity index (χ3v) is 5.10. The molecular formula is C24H20N2O6. The highest BCUT2D eigenvalue weighted by molar-refractivity contribution is 6.15. The number of fused-ring (bicyclic) bond motifs is 1. The molecular weight excluding hydrogens is 412 g/mol. The molecule has 0 bridgehead atoms. The molecule has 1 aliphatic rings. The number of nitrogens with zero attached hydrogens (tertiary/aromatic N) is 2. The lowest BCUT2D eigenvalue weighted by Gasteiger charge is -2.35. The summed E-state index contributed by atoms with van der Waals surface area (Å²) in [5, 5.41) is 9.42.